The third-order valence-electron chi connectivity index (χ3n) is 4.53. The molecule has 1 aliphatic rings. The molecule has 32 heavy (non-hydrogen) atoms. The molecule has 2 N–H and O–H groups in total. The number of nitrogens with zero attached hydrogens (tertiary/aromatic N) is 3. The molecule has 1 aliphatic heterocycles. The lowest BCUT2D eigenvalue weighted by molar-refractivity contribution is -0.136. The van der Waals surface area contributed by atoms with E-state index in [-0.39, 0.29) is 43.0 Å². The average Bonchev–Trinajstić information content (AvgIpc) is 3.11. The summed E-state index contributed by atoms with van der Waals surface area (Å²) in [7, 11) is 0. The number of carbonyl (C=O) groups is 1. The monoisotopic (exact) mass is 432 g/mol. The largest absolute Gasteiger partial charge is 0.481 e. The van der Waals surface area contributed by atoms with Gasteiger partial charge in [0.05, 0.1) is 6.54 Å². The van der Waals surface area contributed by atoms with Gasteiger partial charge in [0.2, 0.25) is 11.7 Å². The highest BCUT2D eigenvalue weighted by Gasteiger charge is 2.34. The summed E-state index contributed by atoms with van der Waals surface area (Å²) < 4.78 is 18.2. The number of benzene rings is 2. The van der Waals surface area contributed by atoms with Gasteiger partial charge in [-0.1, -0.05) is 60.7 Å². The van der Waals surface area contributed by atoms with Gasteiger partial charge < -0.3 is 19.9 Å². The topological polar surface area (TPSA) is 119 Å². The van der Waals surface area contributed by atoms with Gasteiger partial charge in [-0.3, -0.25) is 4.57 Å². The molecule has 0 saturated heterocycles. The van der Waals surface area contributed by atoms with Crippen molar-refractivity contribution < 1.29 is 19.0 Å². The zero-order chi connectivity index (χ0) is 22.3. The van der Waals surface area contributed by atoms with E-state index >= 15 is 0 Å². The van der Waals surface area contributed by atoms with E-state index in [4.69, 9.17) is 19.9 Å². The Morgan fingerprint density at radius 2 is 1.50 bits per heavy atom. The summed E-state index contributed by atoms with van der Waals surface area (Å²) >= 11 is 0. The normalized spacial score (nSPS) is 14.5. The number of ether oxygens (including phenoxy) is 3. The second-order valence-electron chi connectivity index (χ2n) is 6.81. The Morgan fingerprint density at radius 3 is 2.09 bits per heavy atom. The van der Waals surface area contributed by atoms with Crippen molar-refractivity contribution in [2.75, 3.05) is 5.73 Å². The Bertz CT molecular complexity index is 1220. The molecule has 1 aromatic heterocycles. The van der Waals surface area contributed by atoms with Gasteiger partial charge in [-0.2, -0.15) is 4.98 Å². The predicted molar refractivity (Wildman–Crippen MR) is 114 cm³/mol. The van der Waals surface area contributed by atoms with Crippen LogP contribution in [0.2, 0.25) is 0 Å². The van der Waals surface area contributed by atoms with Gasteiger partial charge in [0.15, 0.2) is 5.76 Å². The van der Waals surface area contributed by atoms with Crippen LogP contribution in [0.1, 0.15) is 11.1 Å². The van der Waals surface area contributed by atoms with Gasteiger partial charge in [0, 0.05) is 0 Å². The van der Waals surface area contributed by atoms with Gasteiger partial charge in [-0.05, 0) is 17.2 Å². The van der Waals surface area contributed by atoms with E-state index in [2.05, 4.69) is 9.97 Å². The van der Waals surface area contributed by atoms with Crippen molar-refractivity contribution in [1.29, 1.82) is 0 Å². The fraction of sp³-hybridized carbons (Fsp3) is 0.130. The maximum absolute atomic E-state index is 12.5. The Balaban J connectivity index is 1.59. The highest BCUT2D eigenvalue weighted by Crippen LogP contribution is 2.30. The highest BCUT2D eigenvalue weighted by molar-refractivity contribution is 5.91. The molecule has 0 unspecified atom stereocenters. The van der Waals surface area contributed by atoms with E-state index in [9.17, 15) is 9.59 Å². The molecular formula is C23H20N4O5. The molecule has 0 bridgehead atoms. The molecule has 9 heteroatoms. The quantitative estimate of drug-likeness (QED) is 0.539. The van der Waals surface area contributed by atoms with Gasteiger partial charge >= 0.3 is 11.7 Å². The van der Waals surface area contributed by atoms with Gasteiger partial charge in [0.25, 0.3) is 5.76 Å². The minimum Gasteiger partial charge on any atom is -0.481 e. The lowest BCUT2D eigenvalue weighted by atomic mass is 10.2. The molecule has 0 aliphatic carbocycles. The summed E-state index contributed by atoms with van der Waals surface area (Å²) in [5.74, 6) is -0.500. The van der Waals surface area contributed by atoms with Crippen LogP contribution in [0.3, 0.4) is 0 Å². The molecule has 0 amide bonds. The summed E-state index contributed by atoms with van der Waals surface area (Å²) in [4.78, 5) is 31.8. The SMILES string of the molecule is Nc1ncn(C/C=C2\OC(=O)C(OCc3ccccc3)=C2OCc2ccccc2)c(=O)n1. The summed E-state index contributed by atoms with van der Waals surface area (Å²) in [5.41, 5.74) is 6.64. The minimum atomic E-state index is -0.670. The van der Waals surface area contributed by atoms with Crippen LogP contribution >= 0.6 is 0 Å². The van der Waals surface area contributed by atoms with E-state index in [0.717, 1.165) is 11.1 Å². The van der Waals surface area contributed by atoms with Gasteiger partial charge in [-0.25, -0.2) is 14.6 Å². The van der Waals surface area contributed by atoms with Crippen molar-refractivity contribution in [2.24, 2.45) is 0 Å². The second-order valence-corrected chi connectivity index (χ2v) is 6.81. The number of esters is 1. The number of aromatic nitrogens is 3. The summed E-state index contributed by atoms with van der Waals surface area (Å²) in [6.45, 7) is 0.418. The van der Waals surface area contributed by atoms with E-state index in [1.54, 1.807) is 0 Å². The van der Waals surface area contributed by atoms with Crippen LogP contribution in [0.15, 0.2) is 95.1 Å². The number of anilines is 1. The van der Waals surface area contributed by atoms with E-state index in [0.29, 0.717) is 0 Å². The average molecular weight is 432 g/mol. The third kappa shape index (κ3) is 5.01. The van der Waals surface area contributed by atoms with Gasteiger partial charge in [-0.15, -0.1) is 0 Å². The number of hydrogen-bond donors (Lipinski definition) is 1. The fourth-order valence-corrected chi connectivity index (χ4v) is 2.93. The van der Waals surface area contributed by atoms with Crippen molar-refractivity contribution in [2.45, 2.75) is 19.8 Å². The first-order valence-electron chi connectivity index (χ1n) is 9.79. The Hall–Kier alpha value is -4.40. The molecule has 0 fully saturated rings. The van der Waals surface area contributed by atoms with Crippen LogP contribution in [0, 0.1) is 0 Å². The zero-order valence-electron chi connectivity index (χ0n) is 17.0. The molecule has 2 heterocycles. The third-order valence-corrected chi connectivity index (χ3v) is 4.53. The molecule has 162 valence electrons. The van der Waals surface area contributed by atoms with Crippen molar-refractivity contribution in [3.8, 4) is 0 Å². The second kappa shape index (κ2) is 9.61. The van der Waals surface area contributed by atoms with Crippen LogP contribution in [0.5, 0.6) is 0 Å². The molecule has 0 atom stereocenters. The number of nitrogens with two attached hydrogens (primary N) is 1. The number of carbonyl (C=O) groups excluding carboxylic acids is 1. The van der Waals surface area contributed by atoms with Crippen molar-refractivity contribution in [3.05, 3.63) is 112 Å². The number of rotatable bonds is 8. The summed E-state index contributed by atoms with van der Waals surface area (Å²) in [6, 6.07) is 18.9. The van der Waals surface area contributed by atoms with Crippen molar-refractivity contribution >= 4 is 11.9 Å². The van der Waals surface area contributed by atoms with Crippen LogP contribution in [-0.4, -0.2) is 20.5 Å². The number of cyclic esters (lactones) is 1. The highest BCUT2D eigenvalue weighted by atomic mass is 16.6. The summed E-state index contributed by atoms with van der Waals surface area (Å²) in [5, 5.41) is 0. The maximum atomic E-state index is 12.5. The van der Waals surface area contributed by atoms with Crippen LogP contribution in [0.25, 0.3) is 0 Å². The Kier molecular flexibility index (Phi) is 6.26. The molecule has 4 rings (SSSR count). The minimum absolute atomic E-state index is 0.0306. The molecule has 0 radical (unpaired) electrons. The first-order valence-corrected chi connectivity index (χ1v) is 9.79. The van der Waals surface area contributed by atoms with Crippen molar-refractivity contribution in [3.63, 3.8) is 0 Å². The molecule has 9 nitrogen and oxygen atoms in total. The van der Waals surface area contributed by atoms with Crippen LogP contribution < -0.4 is 11.4 Å². The fourth-order valence-electron chi connectivity index (χ4n) is 2.93. The predicted octanol–water partition coefficient (Wildman–Crippen LogP) is 2.31. The van der Waals surface area contributed by atoms with Crippen LogP contribution in [-0.2, 0) is 38.8 Å². The van der Waals surface area contributed by atoms with Crippen LogP contribution in [0.4, 0.5) is 5.95 Å². The molecule has 2 aromatic carbocycles. The standard InChI is InChI=1S/C23H20N4O5/c24-22-25-15-27(23(29)26-22)12-11-18-19(30-13-16-7-3-1-4-8-16)20(21(28)32-18)31-14-17-9-5-2-6-10-17/h1-11,15H,12-14H2,(H2,24,26,29)/b18-11-. The summed E-state index contributed by atoms with van der Waals surface area (Å²) in [6.07, 6.45) is 2.79. The maximum Gasteiger partial charge on any atom is 0.383 e. The number of allylic oxidation sites excluding steroid dienone is 1. The van der Waals surface area contributed by atoms with E-state index < -0.39 is 11.7 Å². The number of hydrogen-bond acceptors (Lipinski definition) is 8. The first kappa shape index (κ1) is 20.9. The van der Waals surface area contributed by atoms with E-state index in [1.165, 1.54) is 17.0 Å². The molecule has 0 spiro atoms. The molecule has 0 saturated carbocycles. The van der Waals surface area contributed by atoms with Crippen molar-refractivity contribution in [1.82, 2.24) is 14.5 Å². The lowest BCUT2D eigenvalue weighted by Crippen LogP contribution is -2.24. The Morgan fingerprint density at radius 1 is 0.906 bits per heavy atom. The zero-order valence-corrected chi connectivity index (χ0v) is 17.0. The molecule has 3 aromatic rings. The van der Waals surface area contributed by atoms with Gasteiger partial charge in [0.1, 0.15) is 19.5 Å². The molecular weight excluding hydrogens is 412 g/mol. The van der Waals surface area contributed by atoms with E-state index in [1.807, 2.05) is 60.7 Å². The smallest absolute Gasteiger partial charge is 0.383 e. The Labute approximate surface area is 183 Å². The lowest BCUT2D eigenvalue weighted by Gasteiger charge is -2.10. The number of nitrogen functional groups attached to an aromatic ring is 1. The first-order chi connectivity index (χ1) is 15.6.